The summed E-state index contributed by atoms with van der Waals surface area (Å²) in [6.45, 7) is 8.35. The van der Waals surface area contributed by atoms with Crippen LogP contribution in [0, 0.1) is 17.3 Å². The number of hydrogen-bond donors (Lipinski definition) is 0. The molecule has 0 bridgehead atoms. The lowest BCUT2D eigenvalue weighted by Crippen LogP contribution is -2.38. The van der Waals surface area contributed by atoms with Crippen LogP contribution in [0.1, 0.15) is 43.5 Å². The number of nitrogens with zero attached hydrogens (tertiary/aromatic N) is 2. The van der Waals surface area contributed by atoms with Crippen LogP contribution in [0.5, 0.6) is 0 Å². The number of piperidine rings is 1. The van der Waals surface area contributed by atoms with E-state index >= 15 is 0 Å². The van der Waals surface area contributed by atoms with Gasteiger partial charge in [0.05, 0.1) is 0 Å². The van der Waals surface area contributed by atoms with Gasteiger partial charge in [-0.15, -0.1) is 0 Å². The number of aromatic nitrogens is 1. The molecular formula is C28H29ClN2. The first-order chi connectivity index (χ1) is 15.0. The van der Waals surface area contributed by atoms with Crippen molar-refractivity contribution in [1.82, 2.24) is 9.88 Å². The minimum absolute atomic E-state index is 0.516. The molecule has 0 unspecified atom stereocenters. The molecule has 2 nitrogen and oxygen atoms in total. The SMILES string of the molecule is CC1(C)CCN(CCc2ccc(C#Cc3ccc(-c4ccc(Cl)cc4)cn3)cc2)CC1. The fraction of sp³-hybridized carbons (Fsp3) is 0.321. The molecular weight excluding hydrogens is 400 g/mol. The highest BCUT2D eigenvalue weighted by molar-refractivity contribution is 6.30. The van der Waals surface area contributed by atoms with Crippen LogP contribution in [0.15, 0.2) is 66.9 Å². The first kappa shape index (κ1) is 21.6. The molecule has 2 heterocycles. The average molecular weight is 429 g/mol. The van der Waals surface area contributed by atoms with Gasteiger partial charge in [0.15, 0.2) is 0 Å². The van der Waals surface area contributed by atoms with E-state index < -0.39 is 0 Å². The van der Waals surface area contributed by atoms with Crippen LogP contribution in [0.3, 0.4) is 0 Å². The summed E-state index contributed by atoms with van der Waals surface area (Å²) in [5.74, 6) is 6.40. The zero-order valence-electron chi connectivity index (χ0n) is 18.4. The number of rotatable bonds is 4. The lowest BCUT2D eigenvalue weighted by Gasteiger charge is -2.36. The second kappa shape index (κ2) is 9.69. The summed E-state index contributed by atoms with van der Waals surface area (Å²) < 4.78 is 0. The van der Waals surface area contributed by atoms with Gasteiger partial charge in [-0.1, -0.05) is 61.7 Å². The highest BCUT2D eigenvalue weighted by Crippen LogP contribution is 2.29. The van der Waals surface area contributed by atoms with Crippen LogP contribution in [-0.2, 0) is 6.42 Å². The third kappa shape index (κ3) is 6.20. The van der Waals surface area contributed by atoms with Crippen molar-refractivity contribution in [2.45, 2.75) is 33.1 Å². The summed E-state index contributed by atoms with van der Waals surface area (Å²) in [5, 5.41) is 0.737. The van der Waals surface area contributed by atoms with Gasteiger partial charge in [-0.05, 0) is 85.1 Å². The fourth-order valence-electron chi connectivity index (χ4n) is 3.84. The van der Waals surface area contributed by atoms with Crippen molar-refractivity contribution in [1.29, 1.82) is 0 Å². The van der Waals surface area contributed by atoms with Gasteiger partial charge < -0.3 is 4.90 Å². The van der Waals surface area contributed by atoms with E-state index in [9.17, 15) is 0 Å². The van der Waals surface area contributed by atoms with Crippen molar-refractivity contribution in [2.24, 2.45) is 5.41 Å². The Morgan fingerprint density at radius 2 is 1.55 bits per heavy atom. The molecule has 3 aromatic rings. The van der Waals surface area contributed by atoms with Crippen molar-refractivity contribution < 1.29 is 0 Å². The molecule has 1 fully saturated rings. The molecule has 0 saturated carbocycles. The smallest absolute Gasteiger partial charge is 0.113 e. The molecule has 0 atom stereocenters. The number of likely N-dealkylation sites (tertiary alicyclic amines) is 1. The van der Waals surface area contributed by atoms with Gasteiger partial charge in [0, 0.05) is 28.9 Å². The summed E-state index contributed by atoms with van der Waals surface area (Å²) in [6, 6.07) is 20.4. The summed E-state index contributed by atoms with van der Waals surface area (Å²) in [5.41, 5.74) is 5.84. The first-order valence-corrected chi connectivity index (χ1v) is 11.4. The fourth-order valence-corrected chi connectivity index (χ4v) is 3.97. The first-order valence-electron chi connectivity index (χ1n) is 11.0. The van der Waals surface area contributed by atoms with Crippen LogP contribution in [0.4, 0.5) is 0 Å². The standard InChI is InChI=1S/C28H29ClN2/c1-28(2)16-19-31(20-17-28)18-15-23-5-3-22(4-6-23)7-13-27-14-10-25(21-30-27)24-8-11-26(29)12-9-24/h3-6,8-12,14,21H,15-20H2,1-2H3. The van der Waals surface area contributed by atoms with Crippen molar-refractivity contribution in [3.8, 4) is 23.0 Å². The Morgan fingerprint density at radius 3 is 2.19 bits per heavy atom. The van der Waals surface area contributed by atoms with Crippen LogP contribution in [0.25, 0.3) is 11.1 Å². The molecule has 3 heteroatoms. The van der Waals surface area contributed by atoms with Crippen LogP contribution in [0.2, 0.25) is 5.02 Å². The summed E-state index contributed by atoms with van der Waals surface area (Å²) >= 11 is 5.96. The average Bonchev–Trinajstić information content (AvgIpc) is 2.79. The van der Waals surface area contributed by atoms with Crippen molar-refractivity contribution in [3.05, 3.63) is 88.7 Å². The summed E-state index contributed by atoms with van der Waals surface area (Å²) in [7, 11) is 0. The maximum atomic E-state index is 5.96. The zero-order chi connectivity index (χ0) is 21.7. The maximum Gasteiger partial charge on any atom is 0.113 e. The molecule has 0 amide bonds. The van der Waals surface area contributed by atoms with Gasteiger partial charge in [-0.3, -0.25) is 0 Å². The molecule has 1 aromatic heterocycles. The van der Waals surface area contributed by atoms with E-state index in [1.807, 2.05) is 42.6 Å². The largest absolute Gasteiger partial charge is 0.303 e. The monoisotopic (exact) mass is 428 g/mol. The summed E-state index contributed by atoms with van der Waals surface area (Å²) in [4.78, 5) is 7.08. The predicted molar refractivity (Wildman–Crippen MR) is 130 cm³/mol. The maximum absolute atomic E-state index is 5.96. The Labute approximate surface area is 191 Å². The Kier molecular flexibility index (Phi) is 6.76. The number of halogens is 1. The second-order valence-corrected chi connectivity index (χ2v) is 9.58. The van der Waals surface area contributed by atoms with Crippen molar-refractivity contribution in [3.63, 3.8) is 0 Å². The van der Waals surface area contributed by atoms with E-state index in [-0.39, 0.29) is 0 Å². The third-order valence-electron chi connectivity index (χ3n) is 6.16. The van der Waals surface area contributed by atoms with E-state index in [1.165, 1.54) is 31.5 Å². The van der Waals surface area contributed by atoms with Crippen molar-refractivity contribution in [2.75, 3.05) is 19.6 Å². The molecule has 1 saturated heterocycles. The molecule has 2 aromatic carbocycles. The third-order valence-corrected chi connectivity index (χ3v) is 6.41. The molecule has 0 aliphatic carbocycles. The lowest BCUT2D eigenvalue weighted by atomic mass is 9.82. The summed E-state index contributed by atoms with van der Waals surface area (Å²) in [6.07, 6.45) is 5.56. The van der Waals surface area contributed by atoms with Gasteiger partial charge in [0.2, 0.25) is 0 Å². The highest BCUT2D eigenvalue weighted by Gasteiger charge is 2.24. The van der Waals surface area contributed by atoms with E-state index in [4.69, 9.17) is 11.6 Å². The van der Waals surface area contributed by atoms with Crippen LogP contribution in [-0.4, -0.2) is 29.5 Å². The number of hydrogen-bond acceptors (Lipinski definition) is 2. The molecule has 158 valence electrons. The van der Waals surface area contributed by atoms with Gasteiger partial charge in [0.25, 0.3) is 0 Å². The molecule has 0 spiro atoms. The Hall–Kier alpha value is -2.60. The minimum atomic E-state index is 0.516. The Morgan fingerprint density at radius 1 is 0.871 bits per heavy atom. The predicted octanol–water partition coefficient (Wildman–Crippen LogP) is 6.47. The molecule has 4 rings (SSSR count). The number of pyridine rings is 1. The van der Waals surface area contributed by atoms with E-state index in [0.29, 0.717) is 5.41 Å². The molecule has 1 aliphatic rings. The lowest BCUT2D eigenvalue weighted by molar-refractivity contribution is 0.134. The van der Waals surface area contributed by atoms with Gasteiger partial charge >= 0.3 is 0 Å². The molecule has 0 radical (unpaired) electrons. The normalized spacial score (nSPS) is 15.8. The molecule has 1 aliphatic heterocycles. The Balaban J connectivity index is 1.32. The topological polar surface area (TPSA) is 16.1 Å². The van der Waals surface area contributed by atoms with Crippen LogP contribution < -0.4 is 0 Å². The second-order valence-electron chi connectivity index (χ2n) is 9.14. The van der Waals surface area contributed by atoms with E-state index in [2.05, 4.69) is 59.8 Å². The number of benzene rings is 2. The van der Waals surface area contributed by atoms with Gasteiger partial charge in [-0.2, -0.15) is 0 Å². The Bertz CT molecular complexity index is 1050. The van der Waals surface area contributed by atoms with E-state index in [1.54, 1.807) is 0 Å². The van der Waals surface area contributed by atoms with Gasteiger partial charge in [0.1, 0.15) is 5.69 Å². The highest BCUT2D eigenvalue weighted by atomic mass is 35.5. The van der Waals surface area contributed by atoms with Crippen LogP contribution >= 0.6 is 11.6 Å². The van der Waals surface area contributed by atoms with Crippen molar-refractivity contribution >= 4 is 11.6 Å². The molecule has 31 heavy (non-hydrogen) atoms. The van der Waals surface area contributed by atoms with E-state index in [0.717, 1.165) is 40.4 Å². The zero-order valence-corrected chi connectivity index (χ0v) is 19.1. The minimum Gasteiger partial charge on any atom is -0.303 e. The quantitative estimate of drug-likeness (QED) is 0.443. The molecule has 0 N–H and O–H groups in total. The van der Waals surface area contributed by atoms with Gasteiger partial charge in [-0.25, -0.2) is 4.98 Å².